The topological polar surface area (TPSA) is 76.1 Å². The number of carbonyl (C=O) groups is 2. The summed E-state index contributed by atoms with van der Waals surface area (Å²) < 4.78 is 10.7. The van der Waals surface area contributed by atoms with Crippen LogP contribution in [0.3, 0.4) is 0 Å². The fourth-order valence-electron chi connectivity index (χ4n) is 3.93. The molecule has 33 heavy (non-hydrogen) atoms. The minimum atomic E-state index is -0.718. The SMILES string of the molecule is COc1ccc(CCN2C(=O)C(O)=C(C(=O)c3cccs3)C2c2ccc(Cl)cc2)cc1OC. The first-order valence-corrected chi connectivity index (χ1v) is 11.5. The predicted octanol–water partition coefficient (Wildman–Crippen LogP) is 5.24. The van der Waals surface area contributed by atoms with Crippen LogP contribution in [0.15, 0.2) is 71.3 Å². The first-order valence-electron chi connectivity index (χ1n) is 10.2. The second-order valence-electron chi connectivity index (χ2n) is 7.46. The number of ether oxygens (including phenoxy) is 2. The lowest BCUT2D eigenvalue weighted by molar-refractivity contribution is -0.129. The summed E-state index contributed by atoms with van der Waals surface area (Å²) in [6.45, 7) is 0.285. The number of aliphatic hydroxyl groups is 1. The third-order valence-electron chi connectivity index (χ3n) is 5.57. The number of aliphatic hydroxyl groups excluding tert-OH is 1. The molecular formula is C25H22ClNO5S. The molecule has 170 valence electrons. The molecule has 1 unspecified atom stereocenters. The Hall–Kier alpha value is -3.29. The summed E-state index contributed by atoms with van der Waals surface area (Å²) in [6, 6.07) is 15.2. The quantitative estimate of drug-likeness (QED) is 0.443. The Morgan fingerprint density at radius 2 is 1.82 bits per heavy atom. The van der Waals surface area contributed by atoms with E-state index in [0.29, 0.717) is 33.4 Å². The van der Waals surface area contributed by atoms with Crippen LogP contribution in [0.1, 0.15) is 26.8 Å². The van der Waals surface area contributed by atoms with Gasteiger partial charge in [0.1, 0.15) is 0 Å². The third kappa shape index (κ3) is 4.47. The number of amides is 1. The number of methoxy groups -OCH3 is 2. The number of ketones is 1. The van der Waals surface area contributed by atoms with Gasteiger partial charge in [0.05, 0.1) is 30.7 Å². The van der Waals surface area contributed by atoms with E-state index in [1.807, 2.05) is 12.1 Å². The molecular weight excluding hydrogens is 462 g/mol. The Morgan fingerprint density at radius 3 is 2.45 bits per heavy atom. The van der Waals surface area contributed by atoms with Crippen molar-refractivity contribution in [3.05, 3.63) is 92.3 Å². The fraction of sp³-hybridized carbons (Fsp3) is 0.200. The van der Waals surface area contributed by atoms with Gasteiger partial charge in [-0.05, 0) is 53.3 Å². The summed E-state index contributed by atoms with van der Waals surface area (Å²) >= 11 is 7.33. The predicted molar refractivity (Wildman–Crippen MR) is 127 cm³/mol. The number of rotatable bonds is 8. The maximum absolute atomic E-state index is 13.2. The van der Waals surface area contributed by atoms with Crippen LogP contribution in [-0.2, 0) is 11.2 Å². The molecule has 0 radical (unpaired) electrons. The molecule has 1 aliphatic rings. The molecule has 2 heterocycles. The number of hydrogen-bond acceptors (Lipinski definition) is 6. The van der Waals surface area contributed by atoms with Gasteiger partial charge in [-0.15, -0.1) is 11.3 Å². The van der Waals surface area contributed by atoms with Crippen molar-refractivity contribution in [3.8, 4) is 11.5 Å². The van der Waals surface area contributed by atoms with Crippen molar-refractivity contribution in [2.24, 2.45) is 0 Å². The number of carbonyl (C=O) groups excluding carboxylic acids is 2. The molecule has 3 aromatic rings. The van der Waals surface area contributed by atoms with Gasteiger partial charge in [0, 0.05) is 11.6 Å². The van der Waals surface area contributed by atoms with Gasteiger partial charge in [-0.3, -0.25) is 9.59 Å². The van der Waals surface area contributed by atoms with Crippen molar-refractivity contribution in [2.45, 2.75) is 12.5 Å². The van der Waals surface area contributed by atoms with Crippen LogP contribution >= 0.6 is 22.9 Å². The molecule has 2 aromatic carbocycles. The van der Waals surface area contributed by atoms with Crippen molar-refractivity contribution in [2.75, 3.05) is 20.8 Å². The molecule has 8 heteroatoms. The van der Waals surface area contributed by atoms with Gasteiger partial charge in [0.15, 0.2) is 17.3 Å². The van der Waals surface area contributed by atoms with Crippen LogP contribution in [-0.4, -0.2) is 42.5 Å². The van der Waals surface area contributed by atoms with E-state index < -0.39 is 17.7 Å². The van der Waals surface area contributed by atoms with E-state index in [2.05, 4.69) is 0 Å². The Balaban J connectivity index is 1.67. The lowest BCUT2D eigenvalue weighted by Gasteiger charge is -2.27. The Morgan fingerprint density at radius 1 is 1.09 bits per heavy atom. The molecule has 1 aromatic heterocycles. The second kappa shape index (κ2) is 9.68. The first-order chi connectivity index (χ1) is 15.9. The maximum Gasteiger partial charge on any atom is 0.290 e. The third-order valence-corrected chi connectivity index (χ3v) is 6.69. The zero-order valence-electron chi connectivity index (χ0n) is 18.1. The van der Waals surface area contributed by atoms with Crippen molar-refractivity contribution >= 4 is 34.6 Å². The molecule has 0 saturated heterocycles. The summed E-state index contributed by atoms with van der Waals surface area (Å²) in [6.07, 6.45) is 0.490. The van der Waals surface area contributed by atoms with Gasteiger partial charge >= 0.3 is 0 Å². The molecule has 0 bridgehead atoms. The molecule has 1 aliphatic heterocycles. The molecule has 0 saturated carbocycles. The summed E-state index contributed by atoms with van der Waals surface area (Å²) in [5, 5.41) is 13.1. The largest absolute Gasteiger partial charge is 0.503 e. The van der Waals surface area contributed by atoms with Crippen LogP contribution in [0, 0.1) is 0 Å². The van der Waals surface area contributed by atoms with Crippen LogP contribution in [0.4, 0.5) is 0 Å². The van der Waals surface area contributed by atoms with Gasteiger partial charge in [-0.2, -0.15) is 0 Å². The van der Waals surface area contributed by atoms with E-state index in [4.69, 9.17) is 21.1 Å². The van der Waals surface area contributed by atoms with Crippen molar-refractivity contribution in [1.29, 1.82) is 0 Å². The Bertz CT molecular complexity index is 1200. The average Bonchev–Trinajstić information content (AvgIpc) is 3.45. The van der Waals surface area contributed by atoms with E-state index in [9.17, 15) is 14.7 Å². The second-order valence-corrected chi connectivity index (χ2v) is 8.84. The van der Waals surface area contributed by atoms with E-state index >= 15 is 0 Å². The van der Waals surface area contributed by atoms with Gasteiger partial charge < -0.3 is 19.5 Å². The fourth-order valence-corrected chi connectivity index (χ4v) is 4.74. The van der Waals surface area contributed by atoms with Crippen molar-refractivity contribution in [1.82, 2.24) is 4.90 Å². The van der Waals surface area contributed by atoms with E-state index in [0.717, 1.165) is 5.56 Å². The molecule has 6 nitrogen and oxygen atoms in total. The minimum Gasteiger partial charge on any atom is -0.503 e. The van der Waals surface area contributed by atoms with Gasteiger partial charge in [-0.25, -0.2) is 0 Å². The molecule has 0 aliphatic carbocycles. The number of hydrogen-bond donors (Lipinski definition) is 1. The average molecular weight is 484 g/mol. The molecule has 4 rings (SSSR count). The van der Waals surface area contributed by atoms with Crippen LogP contribution in [0.25, 0.3) is 0 Å². The first kappa shape index (κ1) is 22.9. The molecule has 1 atom stereocenters. The monoisotopic (exact) mass is 483 g/mol. The van der Waals surface area contributed by atoms with Gasteiger partial charge in [0.25, 0.3) is 5.91 Å². The van der Waals surface area contributed by atoms with Crippen LogP contribution < -0.4 is 9.47 Å². The zero-order chi connectivity index (χ0) is 23.5. The highest BCUT2D eigenvalue weighted by Gasteiger charge is 2.43. The molecule has 1 amide bonds. The Kier molecular flexibility index (Phi) is 6.72. The lowest BCUT2D eigenvalue weighted by atomic mass is 9.95. The highest BCUT2D eigenvalue weighted by Crippen LogP contribution is 2.40. The van der Waals surface area contributed by atoms with E-state index in [1.165, 1.54) is 16.2 Å². The van der Waals surface area contributed by atoms with Crippen LogP contribution in [0.2, 0.25) is 5.02 Å². The van der Waals surface area contributed by atoms with E-state index in [-0.39, 0.29) is 17.9 Å². The lowest BCUT2D eigenvalue weighted by Crippen LogP contribution is -2.33. The van der Waals surface area contributed by atoms with Crippen molar-refractivity contribution in [3.63, 3.8) is 0 Å². The highest BCUT2D eigenvalue weighted by molar-refractivity contribution is 7.12. The van der Waals surface area contributed by atoms with Crippen LogP contribution in [0.5, 0.6) is 11.5 Å². The number of Topliss-reactive ketones (excluding diaryl/α,β-unsaturated/α-hetero) is 1. The number of nitrogens with zero attached hydrogens (tertiary/aromatic N) is 1. The maximum atomic E-state index is 13.2. The van der Waals surface area contributed by atoms with Gasteiger partial charge in [0.2, 0.25) is 5.78 Å². The molecule has 0 spiro atoms. The summed E-state index contributed by atoms with van der Waals surface area (Å²) in [7, 11) is 3.13. The summed E-state index contributed by atoms with van der Waals surface area (Å²) in [5.41, 5.74) is 1.70. The zero-order valence-corrected chi connectivity index (χ0v) is 19.7. The summed E-state index contributed by atoms with van der Waals surface area (Å²) in [4.78, 5) is 28.3. The molecule has 1 N–H and O–H groups in total. The van der Waals surface area contributed by atoms with E-state index in [1.54, 1.807) is 62.1 Å². The number of halogens is 1. The normalized spacial score (nSPS) is 15.8. The highest BCUT2D eigenvalue weighted by atomic mass is 35.5. The Labute approximate surface area is 200 Å². The molecule has 0 fully saturated rings. The smallest absolute Gasteiger partial charge is 0.290 e. The number of benzene rings is 2. The summed E-state index contributed by atoms with van der Waals surface area (Å²) in [5.74, 6) is -0.243. The minimum absolute atomic E-state index is 0.0806. The van der Waals surface area contributed by atoms with Gasteiger partial charge in [-0.1, -0.05) is 35.9 Å². The standard InChI is InChI=1S/C25H22ClNO5S/c1-31-18-10-5-15(14-19(18)32-2)11-12-27-22(16-6-8-17(26)9-7-16)21(24(29)25(27)30)23(28)20-4-3-13-33-20/h3-10,13-14,22,29H,11-12H2,1-2H3. The number of thiophene rings is 1. The van der Waals surface area contributed by atoms with Crippen molar-refractivity contribution < 1.29 is 24.2 Å².